The highest BCUT2D eigenvalue weighted by molar-refractivity contribution is 5.84. The number of nitrogens with zero attached hydrogens (tertiary/aromatic N) is 1. The van der Waals surface area contributed by atoms with Gasteiger partial charge in [0.1, 0.15) is 0 Å². The van der Waals surface area contributed by atoms with Gasteiger partial charge in [0.2, 0.25) is 0 Å². The van der Waals surface area contributed by atoms with Gasteiger partial charge in [0.15, 0.2) is 0 Å². The summed E-state index contributed by atoms with van der Waals surface area (Å²) >= 11 is 0. The average Bonchev–Trinajstić information content (AvgIpc) is 2.93. The van der Waals surface area contributed by atoms with Gasteiger partial charge in [0.25, 0.3) is 0 Å². The molecule has 0 radical (unpaired) electrons. The topological polar surface area (TPSA) is 47.6 Å². The summed E-state index contributed by atoms with van der Waals surface area (Å²) in [6.07, 6.45) is 4.56. The molecule has 0 heterocycles. The van der Waals surface area contributed by atoms with Crippen LogP contribution in [0.2, 0.25) is 0 Å². The second-order valence-corrected chi connectivity index (χ2v) is 3.55. The molecule has 0 bridgehead atoms. The highest BCUT2D eigenvalue weighted by Gasteiger charge is 2.24. The molecule has 0 unspecified atom stereocenters. The van der Waals surface area contributed by atoms with Gasteiger partial charge >= 0.3 is 0 Å². The van der Waals surface area contributed by atoms with Crippen LogP contribution < -0.4 is 5.73 Å². The number of hydrogen-bond donors (Lipinski definition) is 1. The van der Waals surface area contributed by atoms with Crippen LogP contribution in [0.5, 0.6) is 0 Å². The molecular formula is C10H20N2O. The fraction of sp³-hybridized carbons (Fsp3) is 0.900. The normalized spacial score (nSPS) is 17.8. The van der Waals surface area contributed by atoms with Crippen LogP contribution in [0.15, 0.2) is 4.99 Å². The van der Waals surface area contributed by atoms with E-state index in [9.17, 15) is 0 Å². The SMILES string of the molecule is CCCOCCCN=C(N)C1CC1. The molecule has 1 aliphatic rings. The molecule has 0 aromatic heterocycles. The van der Waals surface area contributed by atoms with E-state index >= 15 is 0 Å². The monoisotopic (exact) mass is 184 g/mol. The lowest BCUT2D eigenvalue weighted by atomic mass is 10.4. The van der Waals surface area contributed by atoms with Crippen LogP contribution in [0.25, 0.3) is 0 Å². The number of rotatable bonds is 7. The molecule has 1 fully saturated rings. The Morgan fingerprint density at radius 3 is 2.85 bits per heavy atom. The largest absolute Gasteiger partial charge is 0.387 e. The Morgan fingerprint density at radius 2 is 2.23 bits per heavy atom. The lowest BCUT2D eigenvalue weighted by Gasteiger charge is -2.00. The number of nitrogens with two attached hydrogens (primary N) is 1. The Bertz CT molecular complexity index is 164. The number of ether oxygens (including phenoxy) is 1. The molecule has 1 aliphatic carbocycles. The first kappa shape index (κ1) is 10.5. The van der Waals surface area contributed by atoms with Crippen molar-refractivity contribution in [3.05, 3.63) is 0 Å². The van der Waals surface area contributed by atoms with E-state index in [-0.39, 0.29) is 0 Å². The number of aliphatic imine (C=N–C) groups is 1. The third-order valence-corrected chi connectivity index (χ3v) is 2.09. The summed E-state index contributed by atoms with van der Waals surface area (Å²) in [4.78, 5) is 4.30. The predicted octanol–water partition coefficient (Wildman–Crippen LogP) is 1.57. The van der Waals surface area contributed by atoms with Crippen molar-refractivity contribution in [2.24, 2.45) is 16.6 Å². The molecule has 2 N–H and O–H groups in total. The first-order valence-corrected chi connectivity index (χ1v) is 5.22. The lowest BCUT2D eigenvalue weighted by molar-refractivity contribution is 0.134. The average molecular weight is 184 g/mol. The summed E-state index contributed by atoms with van der Waals surface area (Å²) in [6, 6.07) is 0. The molecule has 0 atom stereocenters. The van der Waals surface area contributed by atoms with Crippen molar-refractivity contribution in [3.63, 3.8) is 0 Å². The van der Waals surface area contributed by atoms with Crippen LogP contribution in [-0.4, -0.2) is 25.6 Å². The zero-order valence-corrected chi connectivity index (χ0v) is 8.46. The number of hydrogen-bond acceptors (Lipinski definition) is 2. The second-order valence-electron chi connectivity index (χ2n) is 3.55. The fourth-order valence-electron chi connectivity index (χ4n) is 1.13. The van der Waals surface area contributed by atoms with Crippen molar-refractivity contribution in [1.29, 1.82) is 0 Å². The van der Waals surface area contributed by atoms with E-state index < -0.39 is 0 Å². The summed E-state index contributed by atoms with van der Waals surface area (Å²) < 4.78 is 5.33. The van der Waals surface area contributed by atoms with Crippen LogP contribution in [0, 0.1) is 5.92 Å². The van der Waals surface area contributed by atoms with Gasteiger partial charge in [-0.1, -0.05) is 6.92 Å². The molecule has 0 aromatic carbocycles. The molecule has 0 aromatic rings. The van der Waals surface area contributed by atoms with Crippen molar-refractivity contribution in [2.45, 2.75) is 32.6 Å². The fourth-order valence-corrected chi connectivity index (χ4v) is 1.13. The van der Waals surface area contributed by atoms with E-state index in [1.165, 1.54) is 12.8 Å². The first-order valence-electron chi connectivity index (χ1n) is 5.22. The summed E-state index contributed by atoms with van der Waals surface area (Å²) in [5.41, 5.74) is 5.73. The van der Waals surface area contributed by atoms with E-state index in [1.54, 1.807) is 0 Å². The van der Waals surface area contributed by atoms with E-state index in [2.05, 4.69) is 11.9 Å². The predicted molar refractivity (Wildman–Crippen MR) is 54.9 cm³/mol. The van der Waals surface area contributed by atoms with Gasteiger partial charge in [-0.05, 0) is 25.7 Å². The Hall–Kier alpha value is -0.570. The highest BCUT2D eigenvalue weighted by Crippen LogP contribution is 2.28. The van der Waals surface area contributed by atoms with Crippen LogP contribution in [-0.2, 0) is 4.74 Å². The Kier molecular flexibility index (Phi) is 4.83. The lowest BCUT2D eigenvalue weighted by Crippen LogP contribution is -2.14. The van der Waals surface area contributed by atoms with Gasteiger partial charge < -0.3 is 10.5 Å². The zero-order valence-electron chi connectivity index (χ0n) is 8.46. The summed E-state index contributed by atoms with van der Waals surface area (Å²) in [5, 5.41) is 0. The van der Waals surface area contributed by atoms with Crippen LogP contribution in [0.1, 0.15) is 32.6 Å². The maximum Gasteiger partial charge on any atom is 0.0968 e. The van der Waals surface area contributed by atoms with Gasteiger partial charge in [-0.25, -0.2) is 0 Å². The van der Waals surface area contributed by atoms with Gasteiger partial charge in [-0.3, -0.25) is 4.99 Å². The third-order valence-electron chi connectivity index (χ3n) is 2.09. The molecule has 3 nitrogen and oxygen atoms in total. The van der Waals surface area contributed by atoms with Crippen LogP contribution >= 0.6 is 0 Å². The van der Waals surface area contributed by atoms with Crippen molar-refractivity contribution in [2.75, 3.05) is 19.8 Å². The van der Waals surface area contributed by atoms with E-state index in [4.69, 9.17) is 10.5 Å². The maximum absolute atomic E-state index is 5.73. The zero-order chi connectivity index (χ0) is 9.52. The summed E-state index contributed by atoms with van der Waals surface area (Å²) in [7, 11) is 0. The summed E-state index contributed by atoms with van der Waals surface area (Å²) in [6.45, 7) is 4.62. The van der Waals surface area contributed by atoms with Gasteiger partial charge in [0, 0.05) is 25.7 Å². The van der Waals surface area contributed by atoms with Crippen molar-refractivity contribution >= 4 is 5.84 Å². The van der Waals surface area contributed by atoms with Crippen molar-refractivity contribution < 1.29 is 4.74 Å². The van der Waals surface area contributed by atoms with E-state index in [0.29, 0.717) is 5.92 Å². The Balaban J connectivity index is 1.90. The second kappa shape index (κ2) is 5.97. The Morgan fingerprint density at radius 1 is 1.46 bits per heavy atom. The van der Waals surface area contributed by atoms with Crippen LogP contribution in [0.3, 0.4) is 0 Å². The van der Waals surface area contributed by atoms with Gasteiger partial charge in [-0.2, -0.15) is 0 Å². The minimum absolute atomic E-state index is 0.608. The molecule has 0 aliphatic heterocycles. The van der Waals surface area contributed by atoms with Crippen molar-refractivity contribution in [3.8, 4) is 0 Å². The molecule has 13 heavy (non-hydrogen) atoms. The van der Waals surface area contributed by atoms with E-state index in [1.807, 2.05) is 0 Å². The standard InChI is InChI=1S/C10H20N2O/c1-2-7-13-8-3-6-12-10(11)9-4-5-9/h9H,2-8H2,1H3,(H2,11,12). The first-order chi connectivity index (χ1) is 6.34. The quantitative estimate of drug-likeness (QED) is 0.371. The maximum atomic E-state index is 5.73. The minimum Gasteiger partial charge on any atom is -0.387 e. The van der Waals surface area contributed by atoms with E-state index in [0.717, 1.165) is 38.4 Å². The molecule has 0 saturated heterocycles. The van der Waals surface area contributed by atoms with Gasteiger partial charge in [-0.15, -0.1) is 0 Å². The number of amidine groups is 1. The Labute approximate surface area is 80.4 Å². The summed E-state index contributed by atoms with van der Waals surface area (Å²) in [5.74, 6) is 1.46. The molecule has 3 heteroatoms. The molecule has 0 amide bonds. The molecule has 0 spiro atoms. The van der Waals surface area contributed by atoms with Crippen molar-refractivity contribution in [1.82, 2.24) is 0 Å². The molecule has 76 valence electrons. The third kappa shape index (κ3) is 4.88. The molecular weight excluding hydrogens is 164 g/mol. The minimum atomic E-state index is 0.608. The molecule has 1 rings (SSSR count). The molecule has 1 saturated carbocycles. The highest BCUT2D eigenvalue weighted by atomic mass is 16.5. The smallest absolute Gasteiger partial charge is 0.0968 e. The van der Waals surface area contributed by atoms with Crippen LogP contribution in [0.4, 0.5) is 0 Å². The van der Waals surface area contributed by atoms with Gasteiger partial charge in [0.05, 0.1) is 5.84 Å².